The summed E-state index contributed by atoms with van der Waals surface area (Å²) in [5, 5.41) is 17.7. The first-order valence-corrected chi connectivity index (χ1v) is 6.81. The first kappa shape index (κ1) is 13.9. The summed E-state index contributed by atoms with van der Waals surface area (Å²) < 4.78 is 1.78. The van der Waals surface area contributed by atoms with E-state index in [4.69, 9.17) is 11.1 Å². The summed E-state index contributed by atoms with van der Waals surface area (Å²) in [6.45, 7) is 0.452. The van der Waals surface area contributed by atoms with Crippen molar-refractivity contribution < 1.29 is 9.90 Å². The number of nitrogens with one attached hydrogen (secondary N) is 1. The van der Waals surface area contributed by atoms with Crippen LogP contribution in [0.3, 0.4) is 0 Å². The van der Waals surface area contributed by atoms with Crippen molar-refractivity contribution >= 4 is 22.7 Å². The monoisotopic (exact) mass is 293 g/mol. The van der Waals surface area contributed by atoms with E-state index < -0.39 is 5.97 Å². The Kier molecular flexibility index (Phi) is 3.39. The molecule has 0 saturated heterocycles. The first-order valence-electron chi connectivity index (χ1n) is 6.81. The van der Waals surface area contributed by atoms with E-state index in [0.717, 1.165) is 16.5 Å². The molecule has 0 unspecified atom stereocenters. The van der Waals surface area contributed by atoms with Crippen LogP contribution in [0.25, 0.3) is 10.9 Å². The topological polar surface area (TPSA) is 92.1 Å². The number of amidine groups is 1. The molecule has 3 rings (SSSR count). The van der Waals surface area contributed by atoms with Crippen LogP contribution in [-0.4, -0.2) is 21.5 Å². The summed E-state index contributed by atoms with van der Waals surface area (Å²) in [7, 11) is 0. The third-order valence-electron chi connectivity index (χ3n) is 3.64. The van der Waals surface area contributed by atoms with Crippen LogP contribution < -0.4 is 5.73 Å². The van der Waals surface area contributed by atoms with Gasteiger partial charge in [-0.25, -0.2) is 4.79 Å². The molecule has 0 aliphatic carbocycles. The Balaban J connectivity index is 2.04. The lowest BCUT2D eigenvalue weighted by atomic mass is 10.1. The molecule has 0 aliphatic heterocycles. The average Bonchev–Trinajstić information content (AvgIpc) is 2.87. The molecule has 5 nitrogen and oxygen atoms in total. The first-order chi connectivity index (χ1) is 10.6. The molecular formula is C17H15N3O2. The number of hydrogen-bond donors (Lipinski definition) is 3. The molecule has 0 radical (unpaired) electrons. The molecule has 110 valence electrons. The molecule has 22 heavy (non-hydrogen) atoms. The highest BCUT2D eigenvalue weighted by Gasteiger charge is 2.14. The van der Waals surface area contributed by atoms with Gasteiger partial charge in [-0.3, -0.25) is 5.41 Å². The number of benzene rings is 2. The van der Waals surface area contributed by atoms with E-state index in [9.17, 15) is 9.90 Å². The number of carboxylic acids is 1. The van der Waals surface area contributed by atoms with Crippen LogP contribution in [0.15, 0.2) is 54.6 Å². The van der Waals surface area contributed by atoms with Crippen molar-refractivity contribution in [2.45, 2.75) is 6.54 Å². The number of carboxylic acid groups (broad SMARTS) is 1. The van der Waals surface area contributed by atoms with Crippen LogP contribution in [0.1, 0.15) is 21.6 Å². The smallest absolute Gasteiger partial charge is 0.352 e. The zero-order chi connectivity index (χ0) is 15.7. The van der Waals surface area contributed by atoms with Gasteiger partial charge in [0.1, 0.15) is 11.5 Å². The molecule has 0 bridgehead atoms. The lowest BCUT2D eigenvalue weighted by Crippen LogP contribution is -2.12. The number of hydrogen-bond acceptors (Lipinski definition) is 2. The maximum absolute atomic E-state index is 11.5. The van der Waals surface area contributed by atoms with Gasteiger partial charge in [0.2, 0.25) is 0 Å². The number of fused-ring (bicyclic) bond motifs is 1. The minimum atomic E-state index is -0.948. The van der Waals surface area contributed by atoms with Crippen LogP contribution in [0, 0.1) is 5.41 Å². The zero-order valence-corrected chi connectivity index (χ0v) is 11.8. The molecule has 0 saturated carbocycles. The maximum Gasteiger partial charge on any atom is 0.352 e. The molecule has 0 amide bonds. The van der Waals surface area contributed by atoms with E-state index in [1.165, 1.54) is 0 Å². The summed E-state index contributed by atoms with van der Waals surface area (Å²) in [5.41, 5.74) is 8.19. The summed E-state index contributed by atoms with van der Waals surface area (Å²) in [6, 6.07) is 16.5. The zero-order valence-electron chi connectivity index (χ0n) is 11.8. The number of carbonyl (C=O) groups is 1. The number of aromatic carboxylic acids is 1. The van der Waals surface area contributed by atoms with E-state index in [1.807, 2.05) is 36.4 Å². The Morgan fingerprint density at radius 2 is 1.82 bits per heavy atom. The van der Waals surface area contributed by atoms with Gasteiger partial charge < -0.3 is 15.4 Å². The van der Waals surface area contributed by atoms with E-state index in [2.05, 4.69) is 0 Å². The molecule has 2 aromatic carbocycles. The largest absolute Gasteiger partial charge is 0.477 e. The summed E-state index contributed by atoms with van der Waals surface area (Å²) in [5.74, 6) is -0.930. The van der Waals surface area contributed by atoms with Crippen molar-refractivity contribution in [3.8, 4) is 0 Å². The number of para-hydroxylation sites is 1. The van der Waals surface area contributed by atoms with Gasteiger partial charge in [0.25, 0.3) is 0 Å². The van der Waals surface area contributed by atoms with Crippen molar-refractivity contribution in [1.29, 1.82) is 5.41 Å². The molecule has 0 fully saturated rings. The Labute approximate surface area is 127 Å². The Morgan fingerprint density at radius 1 is 1.14 bits per heavy atom. The van der Waals surface area contributed by atoms with Crippen molar-refractivity contribution in [2.24, 2.45) is 5.73 Å². The molecule has 0 atom stereocenters. The summed E-state index contributed by atoms with van der Waals surface area (Å²) >= 11 is 0. The second kappa shape index (κ2) is 5.37. The third kappa shape index (κ3) is 2.44. The number of nitrogen functional groups attached to an aromatic ring is 1. The summed E-state index contributed by atoms with van der Waals surface area (Å²) in [4.78, 5) is 11.5. The number of aromatic nitrogens is 1. The SMILES string of the molecule is N=C(N)c1ccc(Cn2c(C(=O)O)cc3ccccc32)cc1. The van der Waals surface area contributed by atoms with Gasteiger partial charge in [0.05, 0.1) is 0 Å². The predicted octanol–water partition coefficient (Wildman–Crippen LogP) is 2.67. The molecule has 5 heteroatoms. The minimum absolute atomic E-state index is 0.0178. The highest BCUT2D eigenvalue weighted by atomic mass is 16.4. The van der Waals surface area contributed by atoms with Crippen LogP contribution >= 0.6 is 0 Å². The Bertz CT molecular complexity index is 863. The minimum Gasteiger partial charge on any atom is -0.477 e. The predicted molar refractivity (Wildman–Crippen MR) is 85.5 cm³/mol. The molecular weight excluding hydrogens is 278 g/mol. The lowest BCUT2D eigenvalue weighted by molar-refractivity contribution is 0.0686. The second-order valence-corrected chi connectivity index (χ2v) is 5.09. The van der Waals surface area contributed by atoms with E-state index in [1.54, 1.807) is 22.8 Å². The standard InChI is InChI=1S/C17H15N3O2/c18-16(19)12-7-5-11(6-8-12)10-20-14-4-2-1-3-13(14)9-15(20)17(21)22/h1-9H,10H2,(H3,18,19)(H,21,22). The second-order valence-electron chi connectivity index (χ2n) is 5.09. The van der Waals surface area contributed by atoms with Crippen molar-refractivity contribution in [2.75, 3.05) is 0 Å². The van der Waals surface area contributed by atoms with Crippen molar-refractivity contribution in [3.63, 3.8) is 0 Å². The highest BCUT2D eigenvalue weighted by Crippen LogP contribution is 2.21. The van der Waals surface area contributed by atoms with Gasteiger partial charge in [-0.2, -0.15) is 0 Å². The van der Waals surface area contributed by atoms with Crippen molar-refractivity contribution in [1.82, 2.24) is 4.57 Å². The molecule has 1 aromatic heterocycles. The van der Waals surface area contributed by atoms with E-state index in [0.29, 0.717) is 12.1 Å². The van der Waals surface area contributed by atoms with Crippen LogP contribution in [0.5, 0.6) is 0 Å². The Morgan fingerprint density at radius 3 is 2.45 bits per heavy atom. The molecule has 1 heterocycles. The van der Waals surface area contributed by atoms with E-state index >= 15 is 0 Å². The summed E-state index contributed by atoms with van der Waals surface area (Å²) in [6.07, 6.45) is 0. The fourth-order valence-corrected chi connectivity index (χ4v) is 2.53. The normalized spacial score (nSPS) is 10.7. The number of nitrogens with zero attached hydrogens (tertiary/aromatic N) is 1. The van der Waals surface area contributed by atoms with E-state index in [-0.39, 0.29) is 11.5 Å². The van der Waals surface area contributed by atoms with Gasteiger partial charge in [-0.05, 0) is 17.7 Å². The fourth-order valence-electron chi connectivity index (χ4n) is 2.53. The van der Waals surface area contributed by atoms with Gasteiger partial charge in [-0.15, -0.1) is 0 Å². The van der Waals surface area contributed by atoms with Gasteiger partial charge in [0.15, 0.2) is 0 Å². The van der Waals surface area contributed by atoms with Crippen LogP contribution in [-0.2, 0) is 6.54 Å². The molecule has 4 N–H and O–H groups in total. The molecule has 3 aromatic rings. The van der Waals surface area contributed by atoms with Gasteiger partial charge in [-0.1, -0.05) is 42.5 Å². The third-order valence-corrected chi connectivity index (χ3v) is 3.64. The van der Waals surface area contributed by atoms with Gasteiger partial charge in [0, 0.05) is 23.0 Å². The number of nitrogens with two attached hydrogens (primary N) is 1. The number of rotatable bonds is 4. The van der Waals surface area contributed by atoms with Crippen LogP contribution in [0.4, 0.5) is 0 Å². The highest BCUT2D eigenvalue weighted by molar-refractivity contribution is 5.95. The van der Waals surface area contributed by atoms with Crippen molar-refractivity contribution in [3.05, 3.63) is 71.4 Å². The molecule has 0 spiro atoms. The Hall–Kier alpha value is -3.08. The van der Waals surface area contributed by atoms with Gasteiger partial charge >= 0.3 is 5.97 Å². The van der Waals surface area contributed by atoms with Crippen LogP contribution in [0.2, 0.25) is 0 Å². The average molecular weight is 293 g/mol. The molecule has 0 aliphatic rings. The lowest BCUT2D eigenvalue weighted by Gasteiger charge is -2.09. The quantitative estimate of drug-likeness (QED) is 0.510. The maximum atomic E-state index is 11.5. The fraction of sp³-hybridized carbons (Fsp3) is 0.0588.